The van der Waals surface area contributed by atoms with E-state index in [-0.39, 0.29) is 52.6 Å². The number of rotatable bonds is 6. The Morgan fingerprint density at radius 1 is 1.14 bits per heavy atom. The molecule has 1 fully saturated rings. The predicted molar refractivity (Wildman–Crippen MR) is 102 cm³/mol. The van der Waals surface area contributed by atoms with Gasteiger partial charge in [0.2, 0.25) is 15.9 Å². The van der Waals surface area contributed by atoms with Gasteiger partial charge in [0.15, 0.2) is 5.13 Å². The van der Waals surface area contributed by atoms with Crippen LogP contribution in [0, 0.1) is 26.1 Å². The van der Waals surface area contributed by atoms with Crippen molar-refractivity contribution < 1.29 is 23.1 Å². The number of carbonyl (C=O) groups is 1. The molecule has 0 spiro atoms. The minimum absolute atomic E-state index is 0.0545. The van der Waals surface area contributed by atoms with Gasteiger partial charge in [0.1, 0.15) is 6.20 Å². The van der Waals surface area contributed by atoms with Crippen molar-refractivity contribution in [1.82, 2.24) is 9.29 Å². The van der Waals surface area contributed by atoms with Crippen LogP contribution < -0.4 is 5.32 Å². The first-order valence-electron chi connectivity index (χ1n) is 8.34. The molecule has 14 heteroatoms. The van der Waals surface area contributed by atoms with Crippen molar-refractivity contribution in [2.75, 3.05) is 18.4 Å². The van der Waals surface area contributed by atoms with Crippen LogP contribution in [0.25, 0.3) is 0 Å². The van der Waals surface area contributed by atoms with Crippen LogP contribution in [0.2, 0.25) is 0 Å². The van der Waals surface area contributed by atoms with Crippen LogP contribution in [0.4, 0.5) is 15.8 Å². The van der Waals surface area contributed by atoms with E-state index in [4.69, 9.17) is 0 Å². The number of nitrogens with zero attached hydrogens (tertiary/aromatic N) is 4. The van der Waals surface area contributed by atoms with Gasteiger partial charge in [0, 0.05) is 31.1 Å². The number of thiazole rings is 1. The van der Waals surface area contributed by atoms with Crippen LogP contribution in [-0.2, 0) is 14.8 Å². The van der Waals surface area contributed by atoms with Gasteiger partial charge in [-0.05, 0) is 36.3 Å². The largest absolute Gasteiger partial charge is 0.345 e. The molecule has 3 rings (SSSR count). The molecule has 0 atom stereocenters. The highest BCUT2D eigenvalue weighted by atomic mass is 32.2. The molecule has 1 amide bonds. The molecule has 1 aliphatic heterocycles. The Bertz CT molecular complexity index is 1040. The van der Waals surface area contributed by atoms with Crippen LogP contribution in [0.1, 0.15) is 12.8 Å². The lowest BCUT2D eigenvalue weighted by Gasteiger charge is -2.30. The minimum Gasteiger partial charge on any atom is -0.302 e. The second-order valence-electron chi connectivity index (χ2n) is 6.18. The number of nitro benzene ring substituents is 1. The van der Waals surface area contributed by atoms with E-state index in [1.165, 1.54) is 16.4 Å². The number of piperidine rings is 1. The van der Waals surface area contributed by atoms with Gasteiger partial charge >= 0.3 is 5.00 Å². The minimum atomic E-state index is -3.82. The van der Waals surface area contributed by atoms with Gasteiger partial charge in [-0.25, -0.2) is 13.4 Å². The van der Waals surface area contributed by atoms with Crippen LogP contribution in [0.3, 0.4) is 0 Å². The zero-order chi connectivity index (χ0) is 21.2. The van der Waals surface area contributed by atoms with Gasteiger partial charge in [-0.2, -0.15) is 4.31 Å². The number of nitrogens with one attached hydrogen (secondary N) is 1. The molecule has 12 nitrogen and oxygen atoms in total. The number of anilines is 1. The summed E-state index contributed by atoms with van der Waals surface area (Å²) in [5.74, 6) is -0.831. The molecule has 2 aromatic rings. The highest BCUT2D eigenvalue weighted by molar-refractivity contribution is 7.89. The molecule has 1 saturated heterocycles. The predicted octanol–water partition coefficient (Wildman–Crippen LogP) is 2.00. The fraction of sp³-hybridized carbons (Fsp3) is 0.333. The molecular weight excluding hydrogens is 426 g/mol. The standard InChI is InChI=1S/C15H15N5O7S2/c21-14(17-15-16-9-13(28-15)20(24)25)10-5-7-18(8-6-10)29(26,27)12-3-1-11(2-4-12)19(22)23/h1-4,9-10H,5-8H2,(H,16,17,21). The Hall–Kier alpha value is -2.97. The normalized spacial score (nSPS) is 15.7. The van der Waals surface area contributed by atoms with Crippen LogP contribution in [-0.4, -0.2) is 46.6 Å². The van der Waals surface area contributed by atoms with Crippen molar-refractivity contribution in [2.45, 2.75) is 17.7 Å². The van der Waals surface area contributed by atoms with Crippen LogP contribution in [0.5, 0.6) is 0 Å². The number of amides is 1. The molecule has 1 aliphatic rings. The Morgan fingerprint density at radius 2 is 1.76 bits per heavy atom. The summed E-state index contributed by atoms with van der Waals surface area (Å²) in [5.41, 5.74) is -0.207. The maximum atomic E-state index is 12.7. The van der Waals surface area contributed by atoms with Gasteiger partial charge in [0.05, 0.1) is 14.7 Å². The lowest BCUT2D eigenvalue weighted by molar-refractivity contribution is -0.384. The molecule has 0 radical (unpaired) electrons. The Balaban J connectivity index is 1.60. The van der Waals surface area contributed by atoms with E-state index in [0.29, 0.717) is 0 Å². The topological polar surface area (TPSA) is 166 Å². The van der Waals surface area contributed by atoms with Crippen LogP contribution >= 0.6 is 11.3 Å². The van der Waals surface area contributed by atoms with E-state index in [2.05, 4.69) is 10.3 Å². The number of aromatic nitrogens is 1. The first-order chi connectivity index (χ1) is 13.7. The zero-order valence-corrected chi connectivity index (χ0v) is 16.4. The van der Waals surface area contributed by atoms with Crippen molar-refractivity contribution in [3.8, 4) is 0 Å². The summed E-state index contributed by atoms with van der Waals surface area (Å²) in [6.07, 6.45) is 1.59. The zero-order valence-electron chi connectivity index (χ0n) is 14.8. The summed E-state index contributed by atoms with van der Waals surface area (Å²) in [5, 5.41) is 23.8. The molecule has 154 valence electrons. The highest BCUT2D eigenvalue weighted by Crippen LogP contribution is 2.28. The Kier molecular flexibility index (Phi) is 5.86. The quantitative estimate of drug-likeness (QED) is 0.525. The van der Waals surface area contributed by atoms with Crippen molar-refractivity contribution in [3.05, 3.63) is 50.7 Å². The molecule has 0 bridgehead atoms. The first kappa shape index (κ1) is 20.8. The fourth-order valence-electron chi connectivity index (χ4n) is 2.86. The number of benzene rings is 1. The molecule has 2 heterocycles. The molecule has 0 unspecified atom stereocenters. The third-order valence-electron chi connectivity index (χ3n) is 4.41. The molecule has 0 aliphatic carbocycles. The van der Waals surface area contributed by atoms with E-state index < -0.39 is 25.8 Å². The van der Waals surface area contributed by atoms with Crippen molar-refractivity contribution in [1.29, 1.82) is 0 Å². The fourth-order valence-corrected chi connectivity index (χ4v) is 4.97. The number of carbonyl (C=O) groups excluding carboxylic acids is 1. The number of hydrogen-bond acceptors (Lipinski definition) is 9. The van der Waals surface area contributed by atoms with Crippen molar-refractivity contribution >= 4 is 43.1 Å². The average molecular weight is 441 g/mol. The van der Waals surface area contributed by atoms with E-state index in [1.54, 1.807) is 0 Å². The maximum absolute atomic E-state index is 12.7. The second kappa shape index (κ2) is 8.18. The third-order valence-corrected chi connectivity index (χ3v) is 7.19. The van der Waals surface area contributed by atoms with E-state index in [9.17, 15) is 33.4 Å². The van der Waals surface area contributed by atoms with Gasteiger partial charge in [0.25, 0.3) is 5.69 Å². The van der Waals surface area contributed by atoms with Crippen LogP contribution in [0.15, 0.2) is 35.4 Å². The average Bonchev–Trinajstić information content (AvgIpc) is 3.17. The summed E-state index contributed by atoms with van der Waals surface area (Å²) in [6.45, 7) is 0.213. The van der Waals surface area contributed by atoms with Gasteiger partial charge in [-0.1, -0.05) is 0 Å². The summed E-state index contributed by atoms with van der Waals surface area (Å²) >= 11 is 0.742. The van der Waals surface area contributed by atoms with Gasteiger partial charge in [-0.3, -0.25) is 25.0 Å². The molecule has 29 heavy (non-hydrogen) atoms. The smallest absolute Gasteiger partial charge is 0.302 e. The summed E-state index contributed by atoms with van der Waals surface area (Å²) < 4.78 is 26.6. The first-order valence-corrected chi connectivity index (χ1v) is 10.6. The van der Waals surface area contributed by atoms with E-state index >= 15 is 0 Å². The Morgan fingerprint density at radius 3 is 2.28 bits per heavy atom. The number of non-ortho nitro benzene ring substituents is 1. The molecule has 1 aromatic heterocycles. The number of nitro groups is 2. The lowest BCUT2D eigenvalue weighted by Crippen LogP contribution is -2.41. The van der Waals surface area contributed by atoms with Crippen molar-refractivity contribution in [2.24, 2.45) is 5.92 Å². The molecular formula is C15H15N5O7S2. The third kappa shape index (κ3) is 4.55. The van der Waals surface area contributed by atoms with Gasteiger partial charge < -0.3 is 5.32 Å². The second-order valence-corrected chi connectivity index (χ2v) is 9.13. The molecule has 0 saturated carbocycles. The molecule has 1 N–H and O–H groups in total. The highest BCUT2D eigenvalue weighted by Gasteiger charge is 2.32. The van der Waals surface area contributed by atoms with Crippen molar-refractivity contribution in [3.63, 3.8) is 0 Å². The maximum Gasteiger partial charge on any atom is 0.345 e. The number of sulfonamides is 1. The van der Waals surface area contributed by atoms with Gasteiger partial charge in [-0.15, -0.1) is 0 Å². The summed E-state index contributed by atoms with van der Waals surface area (Å²) in [7, 11) is -3.82. The van der Waals surface area contributed by atoms with E-state index in [0.717, 1.165) is 29.7 Å². The summed E-state index contributed by atoms with van der Waals surface area (Å²) in [6, 6.07) is 4.61. The SMILES string of the molecule is O=C(Nc1ncc([N+](=O)[O-])s1)C1CCN(S(=O)(=O)c2ccc([N+](=O)[O-])cc2)CC1. The summed E-state index contributed by atoms with van der Waals surface area (Å²) in [4.78, 5) is 36.2. The van der Waals surface area contributed by atoms with E-state index in [1.807, 2.05) is 0 Å². The molecule has 1 aromatic carbocycles. The monoisotopic (exact) mass is 441 g/mol. The Labute approximate surface area is 168 Å². The lowest BCUT2D eigenvalue weighted by atomic mass is 9.97. The number of hydrogen-bond donors (Lipinski definition) is 1.